The number of likely N-dealkylation sites (N-methyl/N-ethyl adjacent to an activating group) is 1. The highest BCUT2D eigenvalue weighted by Gasteiger charge is 2.52. The van der Waals surface area contributed by atoms with E-state index in [0.29, 0.717) is 12.2 Å². The van der Waals surface area contributed by atoms with E-state index in [0.717, 1.165) is 57.9 Å². The third-order valence-corrected chi connectivity index (χ3v) is 6.41. The minimum atomic E-state index is -0.675. The second kappa shape index (κ2) is 7.75. The number of amides is 2. The first-order valence-electron chi connectivity index (χ1n) is 9.76. The van der Waals surface area contributed by atoms with E-state index in [2.05, 4.69) is 10.3 Å². The zero-order valence-corrected chi connectivity index (χ0v) is 16.7. The highest BCUT2D eigenvalue weighted by molar-refractivity contribution is 5.98. The maximum Gasteiger partial charge on any atom is 0.276 e. The summed E-state index contributed by atoms with van der Waals surface area (Å²) in [5.74, 6) is -0.0897. The molecule has 0 bridgehead atoms. The van der Waals surface area contributed by atoms with Crippen molar-refractivity contribution in [3.63, 3.8) is 0 Å². The van der Waals surface area contributed by atoms with Gasteiger partial charge in [-0.1, -0.05) is 5.21 Å². The summed E-state index contributed by atoms with van der Waals surface area (Å²) in [6.45, 7) is 1.38. The number of carbonyl (C=O) groups excluding carboxylic acids is 2. The Morgan fingerprint density at radius 3 is 2.56 bits per heavy atom. The number of likely N-dealkylation sites (tertiary alicyclic amines) is 2. The second-order valence-electron chi connectivity index (χ2n) is 8.07. The van der Waals surface area contributed by atoms with Crippen molar-refractivity contribution in [1.29, 1.82) is 0 Å². The number of hydrogen-bond acceptors (Lipinski definition) is 5. The highest BCUT2D eigenvalue weighted by Crippen LogP contribution is 2.38. The summed E-state index contributed by atoms with van der Waals surface area (Å²) in [5.41, 5.74) is 5.65. The molecule has 1 aromatic rings. The van der Waals surface area contributed by atoms with Crippen LogP contribution in [-0.2, 0) is 4.79 Å². The SMILES string of the molecule is CN1CCCC2(CCCN2C(=O)c2cn(C3CCC(N)CC3)nn2)C1=O.Cl. The molecule has 4 rings (SSSR count). The summed E-state index contributed by atoms with van der Waals surface area (Å²) in [5, 5.41) is 8.35. The van der Waals surface area contributed by atoms with E-state index in [-0.39, 0.29) is 36.3 Å². The van der Waals surface area contributed by atoms with Gasteiger partial charge in [-0.3, -0.25) is 9.59 Å². The maximum absolute atomic E-state index is 13.1. The highest BCUT2D eigenvalue weighted by atomic mass is 35.5. The quantitative estimate of drug-likeness (QED) is 0.814. The van der Waals surface area contributed by atoms with E-state index in [1.54, 1.807) is 16.0 Å². The molecule has 1 spiro atoms. The smallest absolute Gasteiger partial charge is 0.276 e. The maximum atomic E-state index is 13.1. The first kappa shape index (κ1) is 20.1. The molecule has 1 atom stereocenters. The molecule has 3 aliphatic rings. The molecule has 1 unspecified atom stereocenters. The molecule has 0 radical (unpaired) electrons. The lowest BCUT2D eigenvalue weighted by Gasteiger charge is -2.43. The first-order chi connectivity index (χ1) is 12.5. The fourth-order valence-electron chi connectivity index (χ4n) is 4.89. The van der Waals surface area contributed by atoms with Gasteiger partial charge in [-0.2, -0.15) is 0 Å². The lowest BCUT2D eigenvalue weighted by Crippen LogP contribution is -2.60. The third kappa shape index (κ3) is 3.45. The summed E-state index contributed by atoms with van der Waals surface area (Å²) in [6, 6.07) is 0.536. The monoisotopic (exact) mass is 396 g/mol. The van der Waals surface area contributed by atoms with Crippen LogP contribution >= 0.6 is 12.4 Å². The molecule has 1 aliphatic carbocycles. The predicted octanol–water partition coefficient (Wildman–Crippen LogP) is 1.37. The molecule has 2 N–H and O–H groups in total. The Hall–Kier alpha value is -1.67. The molecule has 27 heavy (non-hydrogen) atoms. The van der Waals surface area contributed by atoms with E-state index in [1.807, 2.05) is 11.7 Å². The molecule has 3 fully saturated rings. The molecule has 1 aromatic heterocycles. The van der Waals surface area contributed by atoms with Crippen molar-refractivity contribution in [2.75, 3.05) is 20.1 Å². The minimum Gasteiger partial charge on any atom is -0.344 e. The van der Waals surface area contributed by atoms with Gasteiger partial charge in [0.15, 0.2) is 5.69 Å². The van der Waals surface area contributed by atoms with Gasteiger partial charge >= 0.3 is 0 Å². The number of hydrogen-bond donors (Lipinski definition) is 1. The fraction of sp³-hybridized carbons (Fsp3) is 0.778. The molecule has 0 aromatic carbocycles. The molecule has 8 nitrogen and oxygen atoms in total. The van der Waals surface area contributed by atoms with Gasteiger partial charge in [-0.25, -0.2) is 4.68 Å². The average molecular weight is 397 g/mol. The Morgan fingerprint density at radius 1 is 1.19 bits per heavy atom. The Morgan fingerprint density at radius 2 is 1.85 bits per heavy atom. The van der Waals surface area contributed by atoms with E-state index in [1.165, 1.54) is 0 Å². The van der Waals surface area contributed by atoms with Crippen LogP contribution in [0.5, 0.6) is 0 Å². The van der Waals surface area contributed by atoms with Gasteiger partial charge in [0.25, 0.3) is 5.91 Å². The molecule has 1 saturated carbocycles. The second-order valence-corrected chi connectivity index (χ2v) is 8.07. The van der Waals surface area contributed by atoms with Crippen molar-refractivity contribution in [1.82, 2.24) is 24.8 Å². The van der Waals surface area contributed by atoms with E-state index in [4.69, 9.17) is 5.73 Å². The van der Waals surface area contributed by atoms with Gasteiger partial charge in [0, 0.05) is 26.2 Å². The van der Waals surface area contributed by atoms with Crippen LogP contribution in [0.1, 0.15) is 67.9 Å². The summed E-state index contributed by atoms with van der Waals surface area (Å²) in [7, 11) is 1.83. The van der Waals surface area contributed by atoms with Gasteiger partial charge in [0.05, 0.1) is 12.2 Å². The number of carbonyl (C=O) groups is 2. The Balaban J connectivity index is 0.00000210. The summed E-state index contributed by atoms with van der Waals surface area (Å²) < 4.78 is 1.82. The number of rotatable bonds is 2. The largest absolute Gasteiger partial charge is 0.344 e. The van der Waals surface area contributed by atoms with Gasteiger partial charge in [-0.05, 0) is 51.4 Å². The van der Waals surface area contributed by atoms with Crippen LogP contribution in [-0.4, -0.2) is 68.3 Å². The number of nitrogens with zero attached hydrogens (tertiary/aromatic N) is 5. The molecule has 2 aliphatic heterocycles. The average Bonchev–Trinajstić information content (AvgIpc) is 3.28. The van der Waals surface area contributed by atoms with Crippen molar-refractivity contribution in [2.45, 2.75) is 69.0 Å². The topological polar surface area (TPSA) is 97.3 Å². The van der Waals surface area contributed by atoms with Crippen molar-refractivity contribution in [3.8, 4) is 0 Å². The Labute approximate surface area is 165 Å². The van der Waals surface area contributed by atoms with Crippen molar-refractivity contribution in [2.24, 2.45) is 5.73 Å². The van der Waals surface area contributed by atoms with E-state index in [9.17, 15) is 9.59 Å². The third-order valence-electron chi connectivity index (χ3n) is 6.41. The zero-order valence-electron chi connectivity index (χ0n) is 15.8. The van der Waals surface area contributed by atoms with Crippen LogP contribution in [0.25, 0.3) is 0 Å². The van der Waals surface area contributed by atoms with Crippen LogP contribution in [0.3, 0.4) is 0 Å². The Bertz CT molecular complexity index is 702. The van der Waals surface area contributed by atoms with Crippen LogP contribution in [0.15, 0.2) is 6.20 Å². The zero-order chi connectivity index (χ0) is 18.3. The summed E-state index contributed by atoms with van der Waals surface area (Å²) in [4.78, 5) is 29.5. The fourth-order valence-corrected chi connectivity index (χ4v) is 4.89. The van der Waals surface area contributed by atoms with Gasteiger partial charge in [0.2, 0.25) is 5.91 Å². The molecular formula is C18H29ClN6O2. The van der Waals surface area contributed by atoms with Crippen LogP contribution in [0.4, 0.5) is 0 Å². The Kier molecular flexibility index (Phi) is 5.76. The number of halogens is 1. The molecule has 3 heterocycles. The molecule has 2 amide bonds. The molecule has 2 saturated heterocycles. The number of nitrogens with two attached hydrogens (primary N) is 1. The van der Waals surface area contributed by atoms with E-state index < -0.39 is 5.54 Å². The summed E-state index contributed by atoms with van der Waals surface area (Å²) >= 11 is 0. The van der Waals surface area contributed by atoms with Gasteiger partial charge in [-0.15, -0.1) is 17.5 Å². The van der Waals surface area contributed by atoms with Crippen LogP contribution in [0.2, 0.25) is 0 Å². The molecule has 150 valence electrons. The molecule has 9 heteroatoms. The minimum absolute atomic E-state index is 0. The normalized spacial score (nSPS) is 31.3. The van der Waals surface area contributed by atoms with E-state index >= 15 is 0 Å². The number of piperidine rings is 1. The summed E-state index contributed by atoms with van der Waals surface area (Å²) in [6.07, 6.45) is 8.93. The lowest BCUT2D eigenvalue weighted by molar-refractivity contribution is -0.144. The van der Waals surface area contributed by atoms with Crippen molar-refractivity contribution < 1.29 is 9.59 Å². The van der Waals surface area contributed by atoms with Gasteiger partial charge in [0.1, 0.15) is 5.54 Å². The first-order valence-corrected chi connectivity index (χ1v) is 9.76. The standard InChI is InChI=1S/C18H28N6O2.ClH/c1-22-10-2-8-18(17(22)26)9-3-11-23(18)16(25)15-12-24(21-20-15)14-6-4-13(19)5-7-14;/h12-14H,2-11,19H2,1H3;1H. The predicted molar refractivity (Wildman–Crippen MR) is 103 cm³/mol. The number of aromatic nitrogens is 3. The lowest BCUT2D eigenvalue weighted by atomic mass is 9.85. The van der Waals surface area contributed by atoms with Gasteiger partial charge < -0.3 is 15.5 Å². The van der Waals surface area contributed by atoms with Crippen LogP contribution < -0.4 is 5.73 Å². The van der Waals surface area contributed by atoms with Crippen LogP contribution in [0, 0.1) is 0 Å². The molecular weight excluding hydrogens is 368 g/mol. The van der Waals surface area contributed by atoms with Crippen molar-refractivity contribution in [3.05, 3.63) is 11.9 Å². The van der Waals surface area contributed by atoms with Crippen molar-refractivity contribution >= 4 is 24.2 Å².